The number of fused-ring (bicyclic) bond motifs is 4. The number of hydrogen-bond acceptors (Lipinski definition) is 5. The maximum Gasteiger partial charge on any atom is 0.334 e. The molecule has 5 nitrogen and oxygen atoms in total. The van der Waals surface area contributed by atoms with E-state index < -0.39 is 17.3 Å². The zero-order chi connectivity index (χ0) is 18.4. The summed E-state index contributed by atoms with van der Waals surface area (Å²) in [6.07, 6.45) is 5.89. The first-order valence-corrected chi connectivity index (χ1v) is 9.28. The molecule has 0 aliphatic carbocycles. The average Bonchev–Trinajstić information content (AvgIpc) is 2.80. The van der Waals surface area contributed by atoms with Gasteiger partial charge in [-0.25, -0.2) is 4.79 Å². The minimum absolute atomic E-state index is 0.0970. The number of carbonyl (C=O) groups excluding carboxylic acids is 1. The van der Waals surface area contributed by atoms with Crippen molar-refractivity contribution in [1.29, 1.82) is 0 Å². The van der Waals surface area contributed by atoms with Crippen molar-refractivity contribution in [3.63, 3.8) is 0 Å². The quantitative estimate of drug-likeness (QED) is 0.399. The van der Waals surface area contributed by atoms with E-state index in [1.165, 1.54) is 0 Å². The van der Waals surface area contributed by atoms with Crippen molar-refractivity contribution in [2.45, 2.75) is 82.4 Å². The van der Waals surface area contributed by atoms with E-state index in [2.05, 4.69) is 13.5 Å². The Balaban J connectivity index is 1.92. The highest BCUT2D eigenvalue weighted by atomic mass is 16.6. The lowest BCUT2D eigenvalue weighted by Crippen LogP contribution is -2.54. The summed E-state index contributed by atoms with van der Waals surface area (Å²) in [5.41, 5.74) is -1.46. The van der Waals surface area contributed by atoms with Gasteiger partial charge in [-0.2, -0.15) is 0 Å². The van der Waals surface area contributed by atoms with Crippen LogP contribution >= 0.6 is 0 Å². The standard InChI is InChI=1S/C20H30O5/c1-12-7-5-8-19(3,22)9-6-10-20(4,23)15-11-14-13(2)18(21)25-17(14)16(12)24-15/h6,9,12,14-17,22-23H,2,5,7-8,10-11H2,1,3-4H3/b9-6-/t12-,14+,15+,16+,17-,19-,20-/m1/s1. The average molecular weight is 350 g/mol. The van der Waals surface area contributed by atoms with Crippen molar-refractivity contribution in [3.8, 4) is 0 Å². The van der Waals surface area contributed by atoms with Crippen molar-refractivity contribution in [1.82, 2.24) is 0 Å². The Morgan fingerprint density at radius 2 is 2.00 bits per heavy atom. The Kier molecular flexibility index (Phi) is 4.86. The van der Waals surface area contributed by atoms with Gasteiger partial charge in [0, 0.05) is 11.5 Å². The van der Waals surface area contributed by atoms with Crippen molar-refractivity contribution in [2.75, 3.05) is 0 Å². The zero-order valence-corrected chi connectivity index (χ0v) is 15.4. The summed E-state index contributed by atoms with van der Waals surface area (Å²) in [5.74, 6) is -0.285. The summed E-state index contributed by atoms with van der Waals surface area (Å²) < 4.78 is 11.8. The van der Waals surface area contributed by atoms with Gasteiger partial charge >= 0.3 is 5.97 Å². The molecule has 2 bridgehead atoms. The molecule has 0 aromatic rings. The fourth-order valence-corrected chi connectivity index (χ4v) is 4.33. The number of carbonyl (C=O) groups is 1. The van der Waals surface area contributed by atoms with Gasteiger partial charge in [0.05, 0.1) is 23.4 Å². The number of aliphatic hydroxyl groups is 2. The molecule has 3 aliphatic rings. The van der Waals surface area contributed by atoms with E-state index in [9.17, 15) is 15.0 Å². The maximum atomic E-state index is 12.0. The van der Waals surface area contributed by atoms with Crippen LogP contribution in [0.25, 0.3) is 0 Å². The predicted octanol–water partition coefficient (Wildman–Crippen LogP) is 2.51. The second-order valence-corrected chi connectivity index (χ2v) is 8.52. The van der Waals surface area contributed by atoms with Gasteiger partial charge in [0.15, 0.2) is 0 Å². The van der Waals surface area contributed by atoms with E-state index in [1.807, 2.05) is 6.08 Å². The molecular weight excluding hydrogens is 320 g/mol. The normalized spacial score (nSPS) is 49.6. The summed E-state index contributed by atoms with van der Waals surface area (Å²) in [6.45, 7) is 9.55. The van der Waals surface area contributed by atoms with Gasteiger partial charge in [-0.15, -0.1) is 0 Å². The van der Waals surface area contributed by atoms with E-state index in [0.717, 1.165) is 12.8 Å². The fourth-order valence-electron chi connectivity index (χ4n) is 4.33. The van der Waals surface area contributed by atoms with Gasteiger partial charge in [0.1, 0.15) is 6.10 Å². The Morgan fingerprint density at radius 1 is 1.28 bits per heavy atom. The second kappa shape index (κ2) is 6.53. The van der Waals surface area contributed by atoms with Crippen LogP contribution in [0.5, 0.6) is 0 Å². The lowest BCUT2D eigenvalue weighted by molar-refractivity contribution is -0.206. The zero-order valence-electron chi connectivity index (χ0n) is 15.4. The smallest absolute Gasteiger partial charge is 0.334 e. The molecule has 140 valence electrons. The van der Waals surface area contributed by atoms with Crippen LogP contribution in [-0.4, -0.2) is 45.7 Å². The van der Waals surface area contributed by atoms with Crippen LogP contribution in [0, 0.1) is 11.8 Å². The first-order valence-electron chi connectivity index (χ1n) is 9.28. The Labute approximate surface area is 149 Å². The van der Waals surface area contributed by atoms with Crippen LogP contribution in [0.1, 0.15) is 52.9 Å². The highest BCUT2D eigenvalue weighted by molar-refractivity contribution is 5.91. The molecule has 0 unspecified atom stereocenters. The molecule has 0 spiro atoms. The molecule has 5 heteroatoms. The third-order valence-electron chi connectivity index (χ3n) is 6.07. The lowest BCUT2D eigenvalue weighted by Gasteiger charge is -2.45. The van der Waals surface area contributed by atoms with Crippen molar-refractivity contribution in [3.05, 3.63) is 24.3 Å². The molecule has 3 aliphatic heterocycles. The van der Waals surface area contributed by atoms with Crippen LogP contribution in [-0.2, 0) is 14.3 Å². The molecule has 0 saturated carbocycles. The highest BCUT2D eigenvalue weighted by Gasteiger charge is 2.53. The first-order chi connectivity index (χ1) is 11.6. The Morgan fingerprint density at radius 3 is 2.72 bits per heavy atom. The molecule has 25 heavy (non-hydrogen) atoms. The monoisotopic (exact) mass is 350 g/mol. The molecular formula is C20H30O5. The molecule has 0 radical (unpaired) electrons. The molecule has 7 atom stereocenters. The van der Waals surface area contributed by atoms with E-state index in [1.54, 1.807) is 19.9 Å². The number of ether oxygens (including phenoxy) is 2. The van der Waals surface area contributed by atoms with Gasteiger partial charge in [0.2, 0.25) is 0 Å². The molecule has 3 heterocycles. The van der Waals surface area contributed by atoms with E-state index in [0.29, 0.717) is 24.8 Å². The summed E-state index contributed by atoms with van der Waals surface area (Å²) in [4.78, 5) is 12.0. The van der Waals surface area contributed by atoms with Crippen LogP contribution in [0.2, 0.25) is 0 Å². The summed E-state index contributed by atoms with van der Waals surface area (Å²) in [5, 5.41) is 21.4. The van der Waals surface area contributed by atoms with Crippen LogP contribution in [0.4, 0.5) is 0 Å². The van der Waals surface area contributed by atoms with Crippen molar-refractivity contribution >= 4 is 5.97 Å². The van der Waals surface area contributed by atoms with Gasteiger partial charge in [0.25, 0.3) is 0 Å². The van der Waals surface area contributed by atoms with Crippen LogP contribution in [0.3, 0.4) is 0 Å². The fraction of sp³-hybridized carbons (Fsp3) is 0.750. The summed E-state index contributed by atoms with van der Waals surface area (Å²) in [6, 6.07) is 0. The number of rotatable bonds is 0. The topological polar surface area (TPSA) is 76.0 Å². The van der Waals surface area contributed by atoms with Gasteiger partial charge in [-0.05, 0) is 51.9 Å². The molecule has 0 amide bonds. The Hall–Kier alpha value is -1.17. The lowest BCUT2D eigenvalue weighted by atomic mass is 9.76. The maximum absolute atomic E-state index is 12.0. The highest BCUT2D eigenvalue weighted by Crippen LogP contribution is 2.44. The van der Waals surface area contributed by atoms with Crippen molar-refractivity contribution in [2.24, 2.45) is 11.8 Å². The van der Waals surface area contributed by atoms with Crippen molar-refractivity contribution < 1.29 is 24.5 Å². The third-order valence-corrected chi connectivity index (χ3v) is 6.07. The minimum atomic E-state index is -1.08. The molecule has 2 N–H and O–H groups in total. The molecule has 0 aromatic heterocycles. The first kappa shape index (κ1) is 18.6. The SMILES string of the molecule is C=C1C(=O)O[C@H]2[C@H]3O[C@@H](C[C@@H]12)[C@](C)(O)C/C=C\[C@](C)(O)CCC[C@H]3C. The third kappa shape index (κ3) is 3.69. The number of esters is 1. The van der Waals surface area contributed by atoms with Gasteiger partial charge < -0.3 is 19.7 Å². The van der Waals surface area contributed by atoms with Gasteiger partial charge in [-0.1, -0.05) is 25.7 Å². The molecule has 2 saturated heterocycles. The van der Waals surface area contributed by atoms with Gasteiger partial charge in [-0.3, -0.25) is 0 Å². The summed E-state index contributed by atoms with van der Waals surface area (Å²) in [7, 11) is 0. The summed E-state index contributed by atoms with van der Waals surface area (Å²) >= 11 is 0. The second-order valence-electron chi connectivity index (χ2n) is 8.52. The largest absolute Gasteiger partial charge is 0.456 e. The predicted molar refractivity (Wildman–Crippen MR) is 93.8 cm³/mol. The molecule has 2 fully saturated rings. The van der Waals surface area contributed by atoms with E-state index in [4.69, 9.17) is 9.47 Å². The molecule has 0 aromatic carbocycles. The molecule has 3 rings (SSSR count). The van der Waals surface area contributed by atoms with E-state index >= 15 is 0 Å². The van der Waals surface area contributed by atoms with Crippen LogP contribution in [0.15, 0.2) is 24.3 Å². The number of hydrogen-bond donors (Lipinski definition) is 2. The Bertz CT molecular complexity index is 577. The van der Waals surface area contributed by atoms with Crippen LogP contribution < -0.4 is 0 Å². The van der Waals surface area contributed by atoms with E-state index in [-0.39, 0.29) is 30.0 Å². The minimum Gasteiger partial charge on any atom is -0.456 e.